The Morgan fingerprint density at radius 1 is 0.758 bits per heavy atom. The van der Waals surface area contributed by atoms with Crippen molar-refractivity contribution in [3.05, 3.63) is 83.4 Å². The average molecular weight is 444 g/mol. The van der Waals surface area contributed by atoms with Gasteiger partial charge in [-0.25, -0.2) is 0 Å². The smallest absolute Gasteiger partial charge is 0.238 e. The monoisotopic (exact) mass is 443 g/mol. The van der Waals surface area contributed by atoms with Gasteiger partial charge in [0, 0.05) is 11.4 Å². The normalized spacial score (nSPS) is 11.1. The fourth-order valence-electron chi connectivity index (χ4n) is 3.52. The minimum atomic E-state index is -0.202. The first-order valence-corrected chi connectivity index (χ1v) is 10.7. The molecular weight excluding hydrogens is 414 g/mol. The van der Waals surface area contributed by atoms with Gasteiger partial charge in [-0.2, -0.15) is 10.2 Å². The quantitative estimate of drug-likeness (QED) is 0.449. The molecule has 0 spiro atoms. The van der Waals surface area contributed by atoms with E-state index in [1.54, 1.807) is 36.2 Å². The summed E-state index contributed by atoms with van der Waals surface area (Å²) in [6.07, 6.45) is 0. The van der Waals surface area contributed by atoms with Gasteiger partial charge in [-0.05, 0) is 75.3 Å². The van der Waals surface area contributed by atoms with E-state index < -0.39 is 0 Å². The van der Waals surface area contributed by atoms with Gasteiger partial charge in [0.05, 0.1) is 24.5 Å². The number of amides is 2. The minimum absolute atomic E-state index is 0.0920. The summed E-state index contributed by atoms with van der Waals surface area (Å²) < 4.78 is 0. The average Bonchev–Trinajstić information content (AvgIpc) is 2.76. The first kappa shape index (κ1) is 23.8. The summed E-state index contributed by atoms with van der Waals surface area (Å²) in [6.45, 7) is 6.18. The molecule has 0 bridgehead atoms. The molecule has 3 aromatic carbocycles. The predicted molar refractivity (Wildman–Crippen MR) is 132 cm³/mol. The van der Waals surface area contributed by atoms with Gasteiger partial charge < -0.3 is 10.6 Å². The Labute approximate surface area is 194 Å². The standard InChI is InChI=1S/C26H29N5O2/c1-18-14-19(2)26(20(3)15-18)28-25(33)17-31(4)16-24(32)27-21-10-12-23(13-11-21)30-29-22-8-6-5-7-9-22/h5-15H,16-17H2,1-4H3,(H,27,32)(H,28,33). The van der Waals surface area contributed by atoms with Crippen LogP contribution in [0.2, 0.25) is 0 Å². The fourth-order valence-corrected chi connectivity index (χ4v) is 3.52. The van der Waals surface area contributed by atoms with Crippen LogP contribution >= 0.6 is 0 Å². The summed E-state index contributed by atoms with van der Waals surface area (Å²) in [4.78, 5) is 26.5. The number of benzene rings is 3. The lowest BCUT2D eigenvalue weighted by Crippen LogP contribution is -2.36. The van der Waals surface area contributed by atoms with Crippen LogP contribution in [0.1, 0.15) is 16.7 Å². The lowest BCUT2D eigenvalue weighted by Gasteiger charge is -2.18. The molecule has 0 fully saturated rings. The first-order valence-electron chi connectivity index (χ1n) is 10.7. The molecule has 3 rings (SSSR count). The number of hydrogen-bond acceptors (Lipinski definition) is 5. The van der Waals surface area contributed by atoms with Crippen LogP contribution in [0.15, 0.2) is 77.0 Å². The number of carbonyl (C=O) groups is 2. The Bertz CT molecular complexity index is 1120. The molecule has 0 aliphatic rings. The number of azo groups is 1. The van der Waals surface area contributed by atoms with Crippen molar-refractivity contribution in [2.45, 2.75) is 20.8 Å². The van der Waals surface area contributed by atoms with Gasteiger partial charge in [-0.1, -0.05) is 35.9 Å². The number of carbonyl (C=O) groups excluding carboxylic acids is 2. The Hall–Kier alpha value is -3.84. The molecule has 0 aliphatic heterocycles. The van der Waals surface area contributed by atoms with Crippen molar-refractivity contribution >= 4 is 34.6 Å². The van der Waals surface area contributed by atoms with Crippen LogP contribution in [0.3, 0.4) is 0 Å². The summed E-state index contributed by atoms with van der Waals surface area (Å²) in [5.41, 5.74) is 6.14. The van der Waals surface area contributed by atoms with E-state index in [-0.39, 0.29) is 24.9 Å². The number of hydrogen-bond donors (Lipinski definition) is 2. The second kappa shape index (κ2) is 11.2. The molecule has 0 aromatic heterocycles. The van der Waals surface area contributed by atoms with Crippen molar-refractivity contribution < 1.29 is 9.59 Å². The van der Waals surface area contributed by atoms with E-state index >= 15 is 0 Å². The van der Waals surface area contributed by atoms with Gasteiger partial charge in [0.25, 0.3) is 0 Å². The van der Waals surface area contributed by atoms with Gasteiger partial charge in [0.15, 0.2) is 0 Å². The second-order valence-electron chi connectivity index (χ2n) is 8.12. The third-order valence-electron chi connectivity index (χ3n) is 4.96. The van der Waals surface area contributed by atoms with E-state index in [9.17, 15) is 9.59 Å². The fraction of sp³-hybridized carbons (Fsp3) is 0.231. The van der Waals surface area contributed by atoms with Crippen LogP contribution in [-0.2, 0) is 9.59 Å². The molecule has 3 aromatic rings. The maximum absolute atomic E-state index is 12.4. The number of nitrogens with one attached hydrogen (secondary N) is 2. The zero-order valence-corrected chi connectivity index (χ0v) is 19.4. The number of anilines is 2. The molecule has 170 valence electrons. The van der Waals surface area contributed by atoms with Crippen molar-refractivity contribution in [3.8, 4) is 0 Å². The molecule has 0 radical (unpaired) electrons. The highest BCUT2D eigenvalue weighted by molar-refractivity contribution is 5.95. The van der Waals surface area contributed by atoms with Crippen LogP contribution in [0.25, 0.3) is 0 Å². The van der Waals surface area contributed by atoms with Crippen LogP contribution < -0.4 is 10.6 Å². The highest BCUT2D eigenvalue weighted by Crippen LogP contribution is 2.22. The lowest BCUT2D eigenvalue weighted by molar-refractivity contribution is -0.119. The SMILES string of the molecule is Cc1cc(C)c(NC(=O)CN(C)CC(=O)Nc2ccc(N=Nc3ccccc3)cc2)c(C)c1. The van der Waals surface area contributed by atoms with Crippen molar-refractivity contribution in [2.24, 2.45) is 10.2 Å². The van der Waals surface area contributed by atoms with E-state index in [0.717, 1.165) is 28.1 Å². The highest BCUT2D eigenvalue weighted by Gasteiger charge is 2.13. The van der Waals surface area contributed by atoms with Gasteiger partial charge in [-0.15, -0.1) is 0 Å². The van der Waals surface area contributed by atoms with Gasteiger partial charge in [-0.3, -0.25) is 14.5 Å². The third-order valence-corrected chi connectivity index (χ3v) is 4.96. The largest absolute Gasteiger partial charge is 0.325 e. The zero-order valence-electron chi connectivity index (χ0n) is 19.4. The van der Waals surface area contributed by atoms with Gasteiger partial charge >= 0.3 is 0 Å². The number of rotatable bonds is 8. The van der Waals surface area contributed by atoms with E-state index in [4.69, 9.17) is 0 Å². The lowest BCUT2D eigenvalue weighted by atomic mass is 10.1. The van der Waals surface area contributed by atoms with Crippen molar-refractivity contribution in [1.82, 2.24) is 4.90 Å². The number of aryl methyl sites for hydroxylation is 3. The molecule has 33 heavy (non-hydrogen) atoms. The zero-order chi connectivity index (χ0) is 23.8. The molecule has 0 aliphatic carbocycles. The highest BCUT2D eigenvalue weighted by atomic mass is 16.2. The molecule has 0 saturated heterocycles. The van der Waals surface area contributed by atoms with Crippen LogP contribution in [0.5, 0.6) is 0 Å². The number of likely N-dealkylation sites (N-methyl/N-ethyl adjacent to an activating group) is 1. The summed E-state index contributed by atoms with van der Waals surface area (Å²) in [5, 5.41) is 14.2. The Kier molecular flexibility index (Phi) is 8.05. The predicted octanol–water partition coefficient (Wildman–Crippen LogP) is 5.54. The summed E-state index contributed by atoms with van der Waals surface area (Å²) in [5.74, 6) is -0.361. The number of nitrogens with zero attached hydrogens (tertiary/aromatic N) is 3. The molecule has 7 nitrogen and oxygen atoms in total. The third kappa shape index (κ3) is 7.36. The Balaban J connectivity index is 1.48. The van der Waals surface area contributed by atoms with Crippen LogP contribution in [0.4, 0.5) is 22.7 Å². The van der Waals surface area contributed by atoms with E-state index in [2.05, 4.69) is 20.9 Å². The molecule has 7 heteroatoms. The molecule has 2 amide bonds. The molecule has 0 heterocycles. The first-order chi connectivity index (χ1) is 15.8. The van der Waals surface area contributed by atoms with E-state index in [1.165, 1.54) is 0 Å². The van der Waals surface area contributed by atoms with Gasteiger partial charge in [0.2, 0.25) is 11.8 Å². The van der Waals surface area contributed by atoms with Crippen LogP contribution in [-0.4, -0.2) is 36.9 Å². The molecule has 0 saturated carbocycles. The second-order valence-corrected chi connectivity index (χ2v) is 8.12. The molecular formula is C26H29N5O2. The Morgan fingerprint density at radius 2 is 1.27 bits per heavy atom. The molecule has 0 atom stereocenters. The minimum Gasteiger partial charge on any atom is -0.325 e. The summed E-state index contributed by atoms with van der Waals surface area (Å²) >= 11 is 0. The van der Waals surface area contributed by atoms with E-state index in [1.807, 2.05) is 63.2 Å². The van der Waals surface area contributed by atoms with Crippen molar-refractivity contribution in [3.63, 3.8) is 0 Å². The van der Waals surface area contributed by atoms with Crippen molar-refractivity contribution in [1.29, 1.82) is 0 Å². The van der Waals surface area contributed by atoms with Gasteiger partial charge in [0.1, 0.15) is 0 Å². The molecule has 2 N–H and O–H groups in total. The maximum Gasteiger partial charge on any atom is 0.238 e. The molecule has 0 unspecified atom stereocenters. The van der Waals surface area contributed by atoms with Crippen molar-refractivity contribution in [2.75, 3.05) is 30.8 Å². The topological polar surface area (TPSA) is 86.2 Å². The summed E-state index contributed by atoms with van der Waals surface area (Å²) in [6, 6.07) is 20.7. The van der Waals surface area contributed by atoms with E-state index in [0.29, 0.717) is 11.4 Å². The summed E-state index contributed by atoms with van der Waals surface area (Å²) in [7, 11) is 1.74. The Morgan fingerprint density at radius 3 is 1.85 bits per heavy atom. The maximum atomic E-state index is 12.4. The van der Waals surface area contributed by atoms with Crippen LogP contribution in [0, 0.1) is 20.8 Å².